The molecule has 1 aromatic rings. The van der Waals surface area contributed by atoms with Gasteiger partial charge in [0.25, 0.3) is 15.9 Å². The highest BCUT2D eigenvalue weighted by atomic mass is 32.2. The van der Waals surface area contributed by atoms with Crippen LogP contribution < -0.4 is 10.1 Å². The smallest absolute Gasteiger partial charge is 0.257 e. The van der Waals surface area contributed by atoms with E-state index in [0.717, 1.165) is 0 Å². The minimum Gasteiger partial charge on any atom is -0.497 e. The van der Waals surface area contributed by atoms with Gasteiger partial charge in [-0.3, -0.25) is 4.79 Å². The fourth-order valence-corrected chi connectivity index (χ4v) is 3.21. The molecule has 120 valence electrons. The number of carbonyl (C=O) groups is 1. The molecule has 2 aliphatic rings. The molecule has 3 rings (SSSR count). The molecule has 23 heavy (non-hydrogen) atoms. The third-order valence-corrected chi connectivity index (χ3v) is 4.58. The Kier molecular flexibility index (Phi) is 3.91. The summed E-state index contributed by atoms with van der Waals surface area (Å²) in [5, 5.41) is 2.77. The summed E-state index contributed by atoms with van der Waals surface area (Å²) in [5.41, 5.74) is 1.04. The van der Waals surface area contributed by atoms with Crippen LogP contribution in [-0.4, -0.2) is 44.5 Å². The Morgan fingerprint density at radius 1 is 1.35 bits per heavy atom. The van der Waals surface area contributed by atoms with Crippen LogP contribution in [0.4, 0.5) is 5.69 Å². The van der Waals surface area contributed by atoms with Gasteiger partial charge in [-0.05, 0) is 24.3 Å². The molecule has 0 aliphatic carbocycles. The molecule has 8 heteroatoms. The van der Waals surface area contributed by atoms with Crippen LogP contribution in [0, 0.1) is 0 Å². The molecule has 2 heterocycles. The molecule has 0 bridgehead atoms. The minimum atomic E-state index is -3.40. The number of hydrogen-bond donors (Lipinski definition) is 1. The zero-order valence-corrected chi connectivity index (χ0v) is 13.2. The molecular formula is C15H15N3O4S. The minimum absolute atomic E-state index is 0.0639. The van der Waals surface area contributed by atoms with E-state index in [4.69, 9.17) is 4.74 Å². The van der Waals surface area contributed by atoms with Crippen LogP contribution in [0.25, 0.3) is 0 Å². The van der Waals surface area contributed by atoms with Crippen LogP contribution >= 0.6 is 0 Å². The van der Waals surface area contributed by atoms with Crippen LogP contribution in [0.2, 0.25) is 0 Å². The molecule has 0 fully saturated rings. The number of methoxy groups -OCH3 is 1. The third kappa shape index (κ3) is 3.42. The number of anilines is 1. The average Bonchev–Trinajstić information content (AvgIpc) is 2.53. The van der Waals surface area contributed by atoms with Gasteiger partial charge in [-0.1, -0.05) is 6.07 Å². The fourth-order valence-electron chi connectivity index (χ4n) is 2.24. The van der Waals surface area contributed by atoms with E-state index in [0.29, 0.717) is 22.8 Å². The van der Waals surface area contributed by atoms with E-state index in [-0.39, 0.29) is 18.2 Å². The van der Waals surface area contributed by atoms with Gasteiger partial charge in [0, 0.05) is 24.5 Å². The lowest BCUT2D eigenvalue weighted by Gasteiger charge is -2.26. The molecule has 1 aromatic carbocycles. The number of fused-ring (bicyclic) bond motifs is 1. The Labute approximate surface area is 134 Å². The molecule has 0 atom stereocenters. The predicted octanol–water partition coefficient (Wildman–Crippen LogP) is 1.13. The maximum absolute atomic E-state index is 12.3. The van der Waals surface area contributed by atoms with Crippen molar-refractivity contribution in [3.8, 4) is 5.75 Å². The van der Waals surface area contributed by atoms with Crippen LogP contribution in [0.15, 0.2) is 52.6 Å². The Balaban J connectivity index is 1.77. The SMILES string of the molecule is COc1cccc(NC(=O)C2=CN3CCS(=O)(=O)N=C3C=C2)c1. The first-order chi connectivity index (χ1) is 11.0. The molecule has 0 saturated heterocycles. The van der Waals surface area contributed by atoms with E-state index in [1.807, 2.05) is 0 Å². The molecule has 0 aromatic heterocycles. The summed E-state index contributed by atoms with van der Waals surface area (Å²) < 4.78 is 31.7. The van der Waals surface area contributed by atoms with Gasteiger partial charge in [0.15, 0.2) is 0 Å². The summed E-state index contributed by atoms with van der Waals surface area (Å²) in [6, 6.07) is 7.03. The lowest BCUT2D eigenvalue weighted by Crippen LogP contribution is -2.37. The quantitative estimate of drug-likeness (QED) is 0.896. The highest BCUT2D eigenvalue weighted by Crippen LogP contribution is 2.20. The molecule has 7 nitrogen and oxygen atoms in total. The first-order valence-electron chi connectivity index (χ1n) is 6.91. The first-order valence-corrected chi connectivity index (χ1v) is 8.52. The molecule has 1 N–H and O–H groups in total. The molecular weight excluding hydrogens is 318 g/mol. The number of nitrogens with zero attached hydrogens (tertiary/aromatic N) is 2. The van der Waals surface area contributed by atoms with Gasteiger partial charge < -0.3 is 15.0 Å². The summed E-state index contributed by atoms with van der Waals surface area (Å²) in [5.74, 6) is 0.619. The van der Waals surface area contributed by atoms with Crippen LogP contribution in [0.5, 0.6) is 5.75 Å². The Morgan fingerprint density at radius 3 is 2.96 bits per heavy atom. The Bertz CT molecular complexity index is 840. The maximum atomic E-state index is 12.3. The molecule has 0 radical (unpaired) electrons. The highest BCUT2D eigenvalue weighted by Gasteiger charge is 2.24. The molecule has 1 amide bonds. The number of amides is 1. The van der Waals surface area contributed by atoms with Crippen molar-refractivity contribution >= 4 is 27.5 Å². The summed E-state index contributed by atoms with van der Waals surface area (Å²) in [6.45, 7) is 0.279. The molecule has 2 aliphatic heterocycles. The monoisotopic (exact) mass is 333 g/mol. The third-order valence-electron chi connectivity index (χ3n) is 3.41. The van der Waals surface area contributed by atoms with E-state index in [1.54, 1.807) is 48.6 Å². The zero-order valence-electron chi connectivity index (χ0n) is 12.4. The topological polar surface area (TPSA) is 88.1 Å². The van der Waals surface area contributed by atoms with Crippen LogP contribution in [-0.2, 0) is 14.8 Å². The van der Waals surface area contributed by atoms with E-state index in [9.17, 15) is 13.2 Å². The van der Waals surface area contributed by atoms with Gasteiger partial charge in [0.05, 0.1) is 18.4 Å². The number of benzene rings is 1. The Hall–Kier alpha value is -2.61. The van der Waals surface area contributed by atoms with Gasteiger partial charge in [0.1, 0.15) is 11.6 Å². The second kappa shape index (κ2) is 5.88. The van der Waals surface area contributed by atoms with Crippen molar-refractivity contribution in [1.82, 2.24) is 4.90 Å². The van der Waals surface area contributed by atoms with Crippen molar-refractivity contribution in [2.75, 3.05) is 24.7 Å². The number of hydrogen-bond acceptors (Lipinski definition) is 5. The average molecular weight is 333 g/mol. The van der Waals surface area contributed by atoms with Gasteiger partial charge >= 0.3 is 0 Å². The summed E-state index contributed by atoms with van der Waals surface area (Å²) in [4.78, 5) is 14.0. The number of amidine groups is 1. The predicted molar refractivity (Wildman–Crippen MR) is 86.8 cm³/mol. The lowest BCUT2D eigenvalue weighted by molar-refractivity contribution is -0.112. The molecule has 0 spiro atoms. The number of carbonyl (C=O) groups excluding carboxylic acids is 1. The standard InChI is InChI=1S/C15H15N3O4S/c1-22-13-4-2-3-12(9-13)16-15(19)11-5-6-14-17-23(20,21)8-7-18(14)10-11/h2-6,9-10H,7-8H2,1H3,(H,16,19). The van der Waals surface area contributed by atoms with Crippen LogP contribution in [0.3, 0.4) is 0 Å². The summed E-state index contributed by atoms with van der Waals surface area (Å²) >= 11 is 0. The fraction of sp³-hybridized carbons (Fsp3) is 0.200. The normalized spacial score (nSPS) is 18.6. The van der Waals surface area contributed by atoms with Crippen molar-refractivity contribution in [3.05, 3.63) is 48.2 Å². The summed E-state index contributed by atoms with van der Waals surface area (Å²) in [6.07, 6.45) is 4.67. The van der Waals surface area contributed by atoms with Crippen LogP contribution in [0.1, 0.15) is 0 Å². The Morgan fingerprint density at radius 2 is 2.17 bits per heavy atom. The second-order valence-corrected chi connectivity index (χ2v) is 6.79. The van der Waals surface area contributed by atoms with E-state index >= 15 is 0 Å². The second-order valence-electron chi connectivity index (χ2n) is 5.03. The maximum Gasteiger partial charge on any atom is 0.257 e. The largest absolute Gasteiger partial charge is 0.497 e. The van der Waals surface area contributed by atoms with Gasteiger partial charge in [-0.25, -0.2) is 8.42 Å². The zero-order chi connectivity index (χ0) is 16.4. The molecule has 0 unspecified atom stereocenters. The van der Waals surface area contributed by atoms with Crippen molar-refractivity contribution in [2.24, 2.45) is 4.40 Å². The number of ether oxygens (including phenoxy) is 1. The van der Waals surface area contributed by atoms with Gasteiger partial charge in [-0.15, -0.1) is 4.40 Å². The number of nitrogens with one attached hydrogen (secondary N) is 1. The van der Waals surface area contributed by atoms with Crippen molar-refractivity contribution in [3.63, 3.8) is 0 Å². The van der Waals surface area contributed by atoms with Gasteiger partial charge in [-0.2, -0.15) is 0 Å². The highest BCUT2D eigenvalue weighted by molar-refractivity contribution is 7.90. The summed E-state index contributed by atoms with van der Waals surface area (Å²) in [7, 11) is -1.84. The van der Waals surface area contributed by atoms with E-state index in [2.05, 4.69) is 9.71 Å². The van der Waals surface area contributed by atoms with Crippen molar-refractivity contribution < 1.29 is 17.9 Å². The number of sulfonamides is 1. The molecule has 0 saturated carbocycles. The van der Waals surface area contributed by atoms with Crippen molar-refractivity contribution in [1.29, 1.82) is 0 Å². The number of rotatable bonds is 3. The van der Waals surface area contributed by atoms with E-state index < -0.39 is 10.0 Å². The van der Waals surface area contributed by atoms with Crippen molar-refractivity contribution in [2.45, 2.75) is 0 Å². The van der Waals surface area contributed by atoms with Gasteiger partial charge in [0.2, 0.25) is 0 Å². The first kappa shape index (κ1) is 15.3. The van der Waals surface area contributed by atoms with E-state index in [1.165, 1.54) is 6.08 Å². The lowest BCUT2D eigenvalue weighted by atomic mass is 10.1.